The van der Waals surface area contributed by atoms with Crippen LogP contribution >= 0.6 is 23.4 Å². The smallest absolute Gasteiger partial charge is 0.387 e. The topological polar surface area (TPSA) is 60.2 Å². The molecule has 0 spiro atoms. The molecule has 0 radical (unpaired) electrons. The van der Waals surface area contributed by atoms with Crippen molar-refractivity contribution >= 4 is 29.3 Å². The Bertz CT molecular complexity index is 1010. The Morgan fingerprint density at radius 2 is 1.90 bits per heavy atom. The minimum absolute atomic E-state index is 0.0786. The molecule has 3 rings (SSSR count). The van der Waals surface area contributed by atoms with Crippen LogP contribution in [0.1, 0.15) is 5.56 Å². The number of carbonyl (C=O) groups is 1. The molecule has 0 unspecified atom stereocenters. The number of amides is 1. The van der Waals surface area contributed by atoms with Gasteiger partial charge in [0.2, 0.25) is 5.91 Å². The predicted octanol–water partition coefficient (Wildman–Crippen LogP) is 4.49. The normalized spacial score (nSPS) is 11.0. The van der Waals surface area contributed by atoms with E-state index >= 15 is 0 Å². The summed E-state index contributed by atoms with van der Waals surface area (Å²) in [5.74, 6) is 0.775. The Morgan fingerprint density at radius 1 is 1.20 bits per heavy atom. The van der Waals surface area contributed by atoms with Crippen molar-refractivity contribution in [2.45, 2.75) is 18.3 Å². The Balaban J connectivity index is 1.57. The molecule has 0 fully saturated rings. The third kappa shape index (κ3) is 5.48. The van der Waals surface area contributed by atoms with Crippen LogP contribution in [0.5, 0.6) is 5.75 Å². The number of aromatic nitrogens is 3. The Kier molecular flexibility index (Phi) is 7.28. The van der Waals surface area contributed by atoms with Crippen LogP contribution in [0.3, 0.4) is 0 Å². The Morgan fingerprint density at radius 3 is 2.57 bits per heavy atom. The van der Waals surface area contributed by atoms with Crippen molar-refractivity contribution in [1.82, 2.24) is 19.7 Å². The molecule has 0 saturated carbocycles. The molecule has 0 aliphatic heterocycles. The highest BCUT2D eigenvalue weighted by Crippen LogP contribution is 2.28. The summed E-state index contributed by atoms with van der Waals surface area (Å²) in [5.41, 5.74) is 1.57. The first-order valence-corrected chi connectivity index (χ1v) is 10.3. The lowest BCUT2D eigenvalue weighted by Gasteiger charge is -2.17. The first-order valence-electron chi connectivity index (χ1n) is 8.90. The molecule has 0 saturated heterocycles. The second-order valence-corrected chi connectivity index (χ2v) is 7.76. The zero-order chi connectivity index (χ0) is 21.7. The molecule has 2 aromatic carbocycles. The second-order valence-electron chi connectivity index (χ2n) is 6.41. The number of hydrogen-bond donors (Lipinski definition) is 0. The van der Waals surface area contributed by atoms with Crippen LogP contribution in [0.15, 0.2) is 53.7 Å². The Labute approximate surface area is 181 Å². The first kappa shape index (κ1) is 22.0. The summed E-state index contributed by atoms with van der Waals surface area (Å²) in [6.45, 7) is -2.52. The van der Waals surface area contributed by atoms with Gasteiger partial charge in [0, 0.05) is 26.2 Å². The van der Waals surface area contributed by atoms with Crippen molar-refractivity contribution < 1.29 is 18.3 Å². The zero-order valence-corrected chi connectivity index (χ0v) is 17.8. The van der Waals surface area contributed by atoms with Crippen molar-refractivity contribution in [3.05, 3.63) is 59.1 Å². The molecule has 0 aliphatic rings. The van der Waals surface area contributed by atoms with E-state index in [1.54, 1.807) is 34.7 Å². The number of ether oxygens (including phenoxy) is 1. The molecule has 0 atom stereocenters. The fourth-order valence-corrected chi connectivity index (χ4v) is 3.76. The average molecular weight is 453 g/mol. The molecule has 3 aromatic rings. The van der Waals surface area contributed by atoms with E-state index < -0.39 is 6.61 Å². The highest BCUT2D eigenvalue weighted by molar-refractivity contribution is 7.99. The molecular weight excluding hydrogens is 434 g/mol. The monoisotopic (exact) mass is 452 g/mol. The van der Waals surface area contributed by atoms with Crippen LogP contribution in [0, 0.1) is 0 Å². The summed E-state index contributed by atoms with van der Waals surface area (Å²) in [7, 11) is 3.50. The summed E-state index contributed by atoms with van der Waals surface area (Å²) < 4.78 is 30.5. The summed E-state index contributed by atoms with van der Waals surface area (Å²) in [5, 5.41) is 9.51. The van der Waals surface area contributed by atoms with Crippen LogP contribution in [0.4, 0.5) is 8.78 Å². The van der Waals surface area contributed by atoms with E-state index in [1.807, 2.05) is 25.2 Å². The lowest BCUT2D eigenvalue weighted by molar-refractivity contribution is -0.127. The predicted molar refractivity (Wildman–Crippen MR) is 112 cm³/mol. The minimum Gasteiger partial charge on any atom is -0.435 e. The molecular formula is C20H19ClF2N4O2S. The third-order valence-electron chi connectivity index (χ3n) is 4.27. The van der Waals surface area contributed by atoms with Crippen molar-refractivity contribution in [2.24, 2.45) is 7.05 Å². The van der Waals surface area contributed by atoms with Gasteiger partial charge in [0.25, 0.3) is 0 Å². The molecule has 1 heterocycles. The number of nitrogens with zero attached hydrogens (tertiary/aromatic N) is 4. The van der Waals surface area contributed by atoms with E-state index in [0.717, 1.165) is 11.1 Å². The molecule has 10 heteroatoms. The number of halogens is 3. The van der Waals surface area contributed by atoms with Crippen LogP contribution < -0.4 is 4.74 Å². The fraction of sp³-hybridized carbons (Fsp3) is 0.250. The standard InChI is InChI=1S/C20H19ClF2N4O2S/c1-26(11-13-7-9-14(10-8-13)29-19(22)23)17(28)12-30-20-25-24-18(27(20)2)15-5-3-4-6-16(15)21/h3-10,19H,11-12H2,1-2H3. The highest BCUT2D eigenvalue weighted by Gasteiger charge is 2.16. The zero-order valence-electron chi connectivity index (χ0n) is 16.3. The molecule has 0 bridgehead atoms. The maximum Gasteiger partial charge on any atom is 0.387 e. The minimum atomic E-state index is -2.86. The summed E-state index contributed by atoms with van der Waals surface area (Å²) >= 11 is 7.50. The van der Waals surface area contributed by atoms with Gasteiger partial charge in [-0.1, -0.05) is 47.6 Å². The molecule has 1 amide bonds. The van der Waals surface area contributed by atoms with Crippen LogP contribution in [-0.4, -0.2) is 45.0 Å². The quantitative estimate of drug-likeness (QED) is 0.471. The van der Waals surface area contributed by atoms with Crippen molar-refractivity contribution in [1.29, 1.82) is 0 Å². The van der Waals surface area contributed by atoms with E-state index in [1.165, 1.54) is 23.9 Å². The van der Waals surface area contributed by atoms with E-state index in [0.29, 0.717) is 22.5 Å². The van der Waals surface area contributed by atoms with Gasteiger partial charge in [0.15, 0.2) is 11.0 Å². The Hall–Kier alpha value is -2.65. The van der Waals surface area contributed by atoms with Crippen LogP contribution in [0.2, 0.25) is 5.02 Å². The maximum absolute atomic E-state index is 12.5. The van der Waals surface area contributed by atoms with Gasteiger partial charge < -0.3 is 14.2 Å². The number of thioether (sulfide) groups is 1. The molecule has 6 nitrogen and oxygen atoms in total. The molecule has 0 N–H and O–H groups in total. The van der Waals surface area contributed by atoms with E-state index in [4.69, 9.17) is 11.6 Å². The third-order valence-corrected chi connectivity index (χ3v) is 5.60. The lowest BCUT2D eigenvalue weighted by Crippen LogP contribution is -2.27. The number of alkyl halides is 2. The molecule has 30 heavy (non-hydrogen) atoms. The van der Waals surface area contributed by atoms with Crippen LogP contribution in [0.25, 0.3) is 11.4 Å². The molecule has 1 aromatic heterocycles. The average Bonchev–Trinajstić information content (AvgIpc) is 3.08. The number of hydrogen-bond acceptors (Lipinski definition) is 5. The van der Waals surface area contributed by atoms with Gasteiger partial charge in [-0.3, -0.25) is 4.79 Å². The largest absolute Gasteiger partial charge is 0.435 e. The highest BCUT2D eigenvalue weighted by atomic mass is 35.5. The van der Waals surface area contributed by atoms with E-state index in [-0.39, 0.29) is 17.4 Å². The lowest BCUT2D eigenvalue weighted by atomic mass is 10.2. The van der Waals surface area contributed by atoms with E-state index in [9.17, 15) is 13.6 Å². The summed E-state index contributed by atoms with van der Waals surface area (Å²) in [6, 6.07) is 13.5. The van der Waals surface area contributed by atoms with Gasteiger partial charge in [0.1, 0.15) is 5.75 Å². The molecule has 0 aliphatic carbocycles. The van der Waals surface area contributed by atoms with Gasteiger partial charge in [-0.15, -0.1) is 10.2 Å². The second kappa shape index (κ2) is 9.90. The van der Waals surface area contributed by atoms with E-state index in [2.05, 4.69) is 14.9 Å². The van der Waals surface area contributed by atoms with Gasteiger partial charge in [-0.2, -0.15) is 8.78 Å². The number of rotatable bonds is 8. The number of carbonyl (C=O) groups excluding carboxylic acids is 1. The van der Waals surface area contributed by atoms with Crippen molar-refractivity contribution in [3.8, 4) is 17.1 Å². The fourth-order valence-electron chi connectivity index (χ4n) is 2.69. The first-order chi connectivity index (χ1) is 14.3. The number of benzene rings is 2. The van der Waals surface area contributed by atoms with Gasteiger partial charge in [-0.05, 0) is 29.8 Å². The van der Waals surface area contributed by atoms with Crippen LogP contribution in [-0.2, 0) is 18.4 Å². The van der Waals surface area contributed by atoms with Crippen molar-refractivity contribution in [3.63, 3.8) is 0 Å². The van der Waals surface area contributed by atoms with Gasteiger partial charge in [0.05, 0.1) is 10.8 Å². The van der Waals surface area contributed by atoms with Gasteiger partial charge in [-0.25, -0.2) is 0 Å². The SMILES string of the molecule is CN(Cc1ccc(OC(F)F)cc1)C(=O)CSc1nnc(-c2ccccc2Cl)n1C. The summed E-state index contributed by atoms with van der Waals surface area (Å²) in [6.07, 6.45) is 0. The summed E-state index contributed by atoms with van der Waals surface area (Å²) in [4.78, 5) is 14.0. The maximum atomic E-state index is 12.5. The van der Waals surface area contributed by atoms with Gasteiger partial charge >= 0.3 is 6.61 Å². The van der Waals surface area contributed by atoms with Crippen molar-refractivity contribution in [2.75, 3.05) is 12.8 Å². The molecule has 158 valence electrons.